The number of hydrogen-bond donors (Lipinski definition) is 2. The Morgan fingerprint density at radius 3 is 2.62 bits per heavy atom. The van der Waals surface area contributed by atoms with Crippen LogP contribution in [0, 0.1) is 0 Å². The second-order valence-corrected chi connectivity index (χ2v) is 5.37. The number of carbonyl (C=O) groups is 2. The zero-order valence-corrected chi connectivity index (χ0v) is 13.3. The maximum Gasteiger partial charge on any atom is 0.371 e. The van der Waals surface area contributed by atoms with Crippen molar-refractivity contribution in [3.05, 3.63) is 53.7 Å². The number of amides is 1. The topological polar surface area (TPSA) is 97.4 Å². The molecule has 0 saturated carbocycles. The Morgan fingerprint density at radius 1 is 1.25 bits per heavy atom. The lowest BCUT2D eigenvalue weighted by Crippen LogP contribution is -2.28. The van der Waals surface area contributed by atoms with Crippen molar-refractivity contribution >= 4 is 22.9 Å². The van der Waals surface area contributed by atoms with Crippen molar-refractivity contribution in [2.24, 2.45) is 0 Å². The molecule has 0 fully saturated rings. The predicted octanol–water partition coefficient (Wildman–Crippen LogP) is 2.84. The fourth-order valence-electron chi connectivity index (χ4n) is 2.66. The predicted molar refractivity (Wildman–Crippen MR) is 87.0 cm³/mol. The van der Waals surface area contributed by atoms with Crippen LogP contribution in [0.25, 0.3) is 11.0 Å². The number of benzene rings is 1. The Hall–Kier alpha value is -3.09. The molecule has 2 N–H and O–H groups in total. The van der Waals surface area contributed by atoms with Gasteiger partial charge in [-0.1, -0.05) is 12.1 Å². The Labute approximate surface area is 137 Å². The van der Waals surface area contributed by atoms with Gasteiger partial charge in [0.1, 0.15) is 5.82 Å². The molecule has 1 atom stereocenters. The number of nitrogens with zero attached hydrogens (tertiary/aromatic N) is 2. The van der Waals surface area contributed by atoms with Crippen molar-refractivity contribution in [2.45, 2.75) is 26.4 Å². The van der Waals surface area contributed by atoms with Gasteiger partial charge in [-0.05, 0) is 38.1 Å². The first kappa shape index (κ1) is 15.8. The molecule has 1 amide bonds. The van der Waals surface area contributed by atoms with E-state index in [1.807, 2.05) is 42.7 Å². The van der Waals surface area contributed by atoms with E-state index < -0.39 is 11.9 Å². The van der Waals surface area contributed by atoms with Crippen molar-refractivity contribution < 1.29 is 19.1 Å². The maximum absolute atomic E-state index is 12.2. The van der Waals surface area contributed by atoms with Gasteiger partial charge in [-0.25, -0.2) is 9.78 Å². The van der Waals surface area contributed by atoms with Gasteiger partial charge in [0.05, 0.1) is 17.1 Å². The van der Waals surface area contributed by atoms with E-state index in [0.717, 1.165) is 23.4 Å². The van der Waals surface area contributed by atoms with Gasteiger partial charge in [0.15, 0.2) is 5.76 Å². The summed E-state index contributed by atoms with van der Waals surface area (Å²) in [5.41, 5.74) is 1.86. The number of aromatic carboxylic acids is 1. The van der Waals surface area contributed by atoms with Crippen LogP contribution in [0.5, 0.6) is 0 Å². The smallest absolute Gasteiger partial charge is 0.371 e. The standard InChI is InChI=1S/C17H17N3O4/c1-3-20-12-7-5-4-6-11(12)19-15(20)10(2)18-16(21)13-8-9-14(24-13)17(22)23/h4-10H,3H2,1-2H3,(H,18,21)(H,22,23)/t10-/m1/s1. The van der Waals surface area contributed by atoms with Crippen LogP contribution in [0.2, 0.25) is 0 Å². The lowest BCUT2D eigenvalue weighted by Gasteiger charge is -2.14. The molecule has 0 unspecified atom stereocenters. The van der Waals surface area contributed by atoms with Gasteiger partial charge >= 0.3 is 5.97 Å². The van der Waals surface area contributed by atoms with Gasteiger partial charge in [-0.15, -0.1) is 0 Å². The quantitative estimate of drug-likeness (QED) is 0.751. The average molecular weight is 327 g/mol. The molecule has 124 valence electrons. The second-order valence-electron chi connectivity index (χ2n) is 5.37. The summed E-state index contributed by atoms with van der Waals surface area (Å²) in [6.07, 6.45) is 0. The van der Waals surface area contributed by atoms with Crippen molar-refractivity contribution in [3.8, 4) is 0 Å². The minimum atomic E-state index is -1.21. The third kappa shape index (κ3) is 2.76. The molecule has 0 bridgehead atoms. The van der Waals surface area contributed by atoms with Crippen molar-refractivity contribution in [1.82, 2.24) is 14.9 Å². The van der Waals surface area contributed by atoms with Gasteiger partial charge in [0.2, 0.25) is 5.76 Å². The Morgan fingerprint density at radius 2 is 1.96 bits per heavy atom. The Bertz CT molecular complexity index is 910. The number of aromatic nitrogens is 2. The molecule has 7 heteroatoms. The van der Waals surface area contributed by atoms with Crippen molar-refractivity contribution in [1.29, 1.82) is 0 Å². The van der Waals surface area contributed by atoms with Crippen LogP contribution in [-0.2, 0) is 6.54 Å². The zero-order valence-electron chi connectivity index (χ0n) is 13.3. The van der Waals surface area contributed by atoms with Gasteiger partial charge in [0.25, 0.3) is 5.91 Å². The molecular formula is C17H17N3O4. The summed E-state index contributed by atoms with van der Waals surface area (Å²) >= 11 is 0. The molecule has 0 radical (unpaired) electrons. The number of nitrogens with one attached hydrogen (secondary N) is 1. The third-order valence-electron chi connectivity index (χ3n) is 3.78. The number of carboxylic acids is 1. The fourth-order valence-corrected chi connectivity index (χ4v) is 2.66. The van der Waals surface area contributed by atoms with Crippen LogP contribution >= 0.6 is 0 Å². The van der Waals surface area contributed by atoms with E-state index in [2.05, 4.69) is 10.3 Å². The lowest BCUT2D eigenvalue weighted by atomic mass is 10.3. The summed E-state index contributed by atoms with van der Waals surface area (Å²) in [7, 11) is 0. The highest BCUT2D eigenvalue weighted by atomic mass is 16.4. The maximum atomic E-state index is 12.2. The van der Waals surface area contributed by atoms with E-state index >= 15 is 0 Å². The van der Waals surface area contributed by atoms with E-state index in [0.29, 0.717) is 0 Å². The van der Waals surface area contributed by atoms with Crippen molar-refractivity contribution in [3.63, 3.8) is 0 Å². The van der Waals surface area contributed by atoms with Crippen LogP contribution in [0.3, 0.4) is 0 Å². The molecule has 1 aromatic carbocycles. The molecular weight excluding hydrogens is 310 g/mol. The van der Waals surface area contributed by atoms with Gasteiger partial charge in [-0.2, -0.15) is 0 Å². The number of para-hydroxylation sites is 2. The van der Waals surface area contributed by atoms with E-state index in [1.165, 1.54) is 12.1 Å². The number of carbonyl (C=O) groups excluding carboxylic acids is 1. The molecule has 7 nitrogen and oxygen atoms in total. The third-order valence-corrected chi connectivity index (χ3v) is 3.78. The SMILES string of the molecule is CCn1c([C@@H](C)NC(=O)c2ccc(C(=O)O)o2)nc2ccccc21. The normalized spacial score (nSPS) is 12.2. The molecule has 2 aromatic heterocycles. The Balaban J connectivity index is 1.85. The molecule has 0 spiro atoms. The molecule has 3 aromatic rings. The number of rotatable bonds is 5. The minimum absolute atomic E-state index is 0.0431. The van der Waals surface area contributed by atoms with E-state index in [4.69, 9.17) is 9.52 Å². The first-order valence-corrected chi connectivity index (χ1v) is 7.60. The summed E-state index contributed by atoms with van der Waals surface area (Å²) in [6.45, 7) is 4.56. The molecule has 24 heavy (non-hydrogen) atoms. The van der Waals surface area contributed by atoms with Crippen LogP contribution in [0.4, 0.5) is 0 Å². The summed E-state index contributed by atoms with van der Waals surface area (Å²) in [5.74, 6) is -1.27. The second kappa shape index (κ2) is 6.19. The van der Waals surface area contributed by atoms with Crippen LogP contribution < -0.4 is 5.32 Å². The number of fused-ring (bicyclic) bond motifs is 1. The van der Waals surface area contributed by atoms with Crippen LogP contribution in [-0.4, -0.2) is 26.5 Å². The minimum Gasteiger partial charge on any atom is -0.475 e. The Kier molecular flexibility index (Phi) is 4.07. The monoisotopic (exact) mass is 327 g/mol. The largest absolute Gasteiger partial charge is 0.475 e. The summed E-state index contributed by atoms with van der Waals surface area (Å²) in [5, 5.41) is 11.6. The molecule has 0 saturated heterocycles. The summed E-state index contributed by atoms with van der Waals surface area (Å²) in [4.78, 5) is 27.7. The van der Waals surface area contributed by atoms with Crippen LogP contribution in [0.15, 0.2) is 40.8 Å². The van der Waals surface area contributed by atoms with E-state index in [9.17, 15) is 9.59 Å². The molecule has 0 aliphatic carbocycles. The lowest BCUT2D eigenvalue weighted by molar-refractivity contribution is 0.0659. The highest BCUT2D eigenvalue weighted by molar-refractivity contribution is 5.93. The van der Waals surface area contributed by atoms with E-state index in [-0.39, 0.29) is 17.6 Å². The number of hydrogen-bond acceptors (Lipinski definition) is 4. The van der Waals surface area contributed by atoms with Crippen molar-refractivity contribution in [2.75, 3.05) is 0 Å². The fraction of sp³-hybridized carbons (Fsp3) is 0.235. The number of carboxylic acid groups (broad SMARTS) is 1. The van der Waals surface area contributed by atoms with E-state index in [1.54, 1.807) is 0 Å². The average Bonchev–Trinajstić information content (AvgIpc) is 3.19. The first-order valence-electron chi connectivity index (χ1n) is 7.60. The highest BCUT2D eigenvalue weighted by Gasteiger charge is 2.21. The summed E-state index contributed by atoms with van der Waals surface area (Å²) in [6, 6.07) is 10.00. The molecule has 0 aliphatic heterocycles. The number of imidazole rings is 1. The zero-order chi connectivity index (χ0) is 17.3. The number of aryl methyl sites for hydroxylation is 1. The first-order chi connectivity index (χ1) is 11.5. The highest BCUT2D eigenvalue weighted by Crippen LogP contribution is 2.21. The van der Waals surface area contributed by atoms with Gasteiger partial charge < -0.3 is 19.4 Å². The van der Waals surface area contributed by atoms with Gasteiger partial charge in [0, 0.05) is 6.54 Å². The summed E-state index contributed by atoms with van der Waals surface area (Å²) < 4.78 is 7.05. The molecule has 0 aliphatic rings. The molecule has 2 heterocycles. The van der Waals surface area contributed by atoms with Crippen LogP contribution in [0.1, 0.15) is 46.8 Å². The molecule has 3 rings (SSSR count). The number of furan rings is 1. The van der Waals surface area contributed by atoms with Gasteiger partial charge in [-0.3, -0.25) is 4.79 Å².